The van der Waals surface area contributed by atoms with Gasteiger partial charge in [-0.05, 0) is 41.6 Å². The Morgan fingerprint density at radius 3 is 2.17 bits per heavy atom. The van der Waals surface area contributed by atoms with E-state index in [1.54, 1.807) is 48.5 Å². The largest absolute Gasteiger partial charge is 0.427 e. The number of rotatable bonds is 6. The molecule has 1 heterocycles. The van der Waals surface area contributed by atoms with Crippen molar-refractivity contribution in [2.45, 2.75) is 19.3 Å². The number of benzene rings is 3. The Kier molecular flexibility index (Phi) is 5.27. The number of nitriles is 1. The molecule has 6 nitrogen and oxygen atoms in total. The molecular formula is C24H18N2O4. The van der Waals surface area contributed by atoms with E-state index >= 15 is 0 Å². The average molecular weight is 398 g/mol. The maximum absolute atomic E-state index is 12.8. The van der Waals surface area contributed by atoms with Crippen LogP contribution in [0.3, 0.4) is 0 Å². The van der Waals surface area contributed by atoms with E-state index in [4.69, 9.17) is 10.00 Å². The molecule has 0 fully saturated rings. The number of ether oxygens (including phenoxy) is 1. The van der Waals surface area contributed by atoms with E-state index in [1.807, 2.05) is 12.1 Å². The van der Waals surface area contributed by atoms with Crippen molar-refractivity contribution in [3.05, 3.63) is 77.4 Å². The van der Waals surface area contributed by atoms with Crippen LogP contribution in [0.5, 0.6) is 5.75 Å². The van der Waals surface area contributed by atoms with Crippen LogP contribution in [-0.2, 0) is 11.2 Å². The van der Waals surface area contributed by atoms with Crippen LogP contribution in [0.2, 0.25) is 0 Å². The summed E-state index contributed by atoms with van der Waals surface area (Å²) in [5, 5.41) is 10.2. The number of carbonyl (C=O) groups excluding carboxylic acids is 3. The van der Waals surface area contributed by atoms with Crippen molar-refractivity contribution in [1.29, 1.82) is 5.26 Å². The highest BCUT2D eigenvalue weighted by Crippen LogP contribution is 2.30. The summed E-state index contributed by atoms with van der Waals surface area (Å²) >= 11 is 0. The first kappa shape index (κ1) is 19.3. The topological polar surface area (TPSA) is 87.5 Å². The molecule has 148 valence electrons. The van der Waals surface area contributed by atoms with Crippen molar-refractivity contribution >= 4 is 28.6 Å². The smallest absolute Gasteiger partial charge is 0.311 e. The van der Waals surface area contributed by atoms with Crippen LogP contribution in [0.4, 0.5) is 0 Å². The lowest BCUT2D eigenvalue weighted by Crippen LogP contribution is -2.41. The SMILES string of the molecule is N#CCc1ccc(OC(=O)CCCN2C(=O)c3cccc4cccc(c34)C2=O)cc1. The predicted octanol–water partition coefficient (Wildman–Crippen LogP) is 3.89. The van der Waals surface area contributed by atoms with E-state index in [2.05, 4.69) is 6.07 Å². The molecule has 0 unspecified atom stereocenters. The molecule has 30 heavy (non-hydrogen) atoms. The van der Waals surface area contributed by atoms with E-state index in [-0.39, 0.29) is 24.8 Å². The first-order valence-corrected chi connectivity index (χ1v) is 9.63. The molecule has 2 amide bonds. The standard InChI is InChI=1S/C24H18N2O4/c25-14-13-16-9-11-18(12-10-16)30-21(27)8-3-15-26-23(28)19-6-1-4-17-5-2-7-20(22(17)19)24(26)29/h1-2,4-7,9-12H,3,8,13,15H2. The third kappa shape index (κ3) is 3.65. The van der Waals surface area contributed by atoms with Crippen LogP contribution in [0.1, 0.15) is 39.1 Å². The Morgan fingerprint density at radius 1 is 0.933 bits per heavy atom. The first-order valence-electron chi connectivity index (χ1n) is 9.63. The summed E-state index contributed by atoms with van der Waals surface area (Å²) in [4.78, 5) is 39.0. The summed E-state index contributed by atoms with van der Waals surface area (Å²) in [5.41, 5.74) is 1.85. The second-order valence-corrected chi connectivity index (χ2v) is 7.03. The molecular weight excluding hydrogens is 380 g/mol. The molecule has 1 aliphatic rings. The first-order chi connectivity index (χ1) is 14.6. The van der Waals surface area contributed by atoms with E-state index in [1.165, 1.54) is 4.90 Å². The summed E-state index contributed by atoms with van der Waals surface area (Å²) < 4.78 is 5.28. The van der Waals surface area contributed by atoms with Gasteiger partial charge >= 0.3 is 5.97 Å². The molecule has 0 saturated carbocycles. The van der Waals surface area contributed by atoms with Gasteiger partial charge in [-0.15, -0.1) is 0 Å². The van der Waals surface area contributed by atoms with Crippen molar-refractivity contribution in [3.63, 3.8) is 0 Å². The molecule has 0 N–H and O–H groups in total. The molecule has 0 radical (unpaired) electrons. The maximum Gasteiger partial charge on any atom is 0.311 e. The summed E-state index contributed by atoms with van der Waals surface area (Å²) in [6, 6.07) is 19.6. The molecule has 0 aliphatic carbocycles. The van der Waals surface area contributed by atoms with Gasteiger partial charge in [0.1, 0.15) is 5.75 Å². The Morgan fingerprint density at radius 2 is 1.57 bits per heavy atom. The van der Waals surface area contributed by atoms with Gasteiger partial charge in [0.25, 0.3) is 11.8 Å². The molecule has 4 rings (SSSR count). The molecule has 0 saturated heterocycles. The second-order valence-electron chi connectivity index (χ2n) is 7.03. The Balaban J connectivity index is 1.38. The fourth-order valence-corrected chi connectivity index (χ4v) is 3.61. The normalized spacial score (nSPS) is 12.7. The molecule has 0 bridgehead atoms. The van der Waals surface area contributed by atoms with Crippen LogP contribution in [0, 0.1) is 11.3 Å². The van der Waals surface area contributed by atoms with Crippen LogP contribution < -0.4 is 4.74 Å². The van der Waals surface area contributed by atoms with Gasteiger partial charge in [-0.3, -0.25) is 19.3 Å². The van der Waals surface area contributed by atoms with Crippen LogP contribution in [-0.4, -0.2) is 29.2 Å². The lowest BCUT2D eigenvalue weighted by molar-refractivity contribution is -0.134. The fourth-order valence-electron chi connectivity index (χ4n) is 3.61. The zero-order valence-corrected chi connectivity index (χ0v) is 16.1. The highest BCUT2D eigenvalue weighted by molar-refractivity contribution is 6.25. The third-order valence-corrected chi connectivity index (χ3v) is 5.06. The summed E-state index contributed by atoms with van der Waals surface area (Å²) in [6.07, 6.45) is 0.673. The van der Waals surface area contributed by atoms with Crippen molar-refractivity contribution in [2.75, 3.05) is 6.54 Å². The minimum absolute atomic E-state index is 0.0723. The van der Waals surface area contributed by atoms with Gasteiger partial charge in [0.05, 0.1) is 12.5 Å². The van der Waals surface area contributed by atoms with Gasteiger partial charge in [0.2, 0.25) is 0 Å². The lowest BCUT2D eigenvalue weighted by atomic mass is 9.94. The van der Waals surface area contributed by atoms with Gasteiger partial charge in [-0.2, -0.15) is 5.26 Å². The van der Waals surface area contributed by atoms with Crippen LogP contribution >= 0.6 is 0 Å². The average Bonchev–Trinajstić information content (AvgIpc) is 2.76. The van der Waals surface area contributed by atoms with Crippen molar-refractivity contribution in [1.82, 2.24) is 4.90 Å². The molecule has 0 aromatic heterocycles. The van der Waals surface area contributed by atoms with Crippen molar-refractivity contribution < 1.29 is 19.1 Å². The molecule has 6 heteroatoms. The number of amides is 2. The fraction of sp³-hybridized carbons (Fsp3) is 0.167. The number of hydrogen-bond acceptors (Lipinski definition) is 5. The van der Waals surface area contributed by atoms with E-state index < -0.39 is 5.97 Å². The number of hydrogen-bond donors (Lipinski definition) is 0. The summed E-state index contributed by atoms with van der Waals surface area (Å²) in [5.74, 6) is -0.730. The Labute approximate surface area is 173 Å². The maximum atomic E-state index is 12.8. The van der Waals surface area contributed by atoms with Gasteiger partial charge < -0.3 is 4.74 Å². The molecule has 1 aliphatic heterocycles. The Bertz CT molecular complexity index is 1140. The number of nitrogens with zero attached hydrogens (tertiary/aromatic N) is 2. The number of carbonyl (C=O) groups is 3. The summed E-state index contributed by atoms with van der Waals surface area (Å²) in [6.45, 7) is 0.137. The molecule has 3 aromatic carbocycles. The minimum atomic E-state index is -0.442. The van der Waals surface area contributed by atoms with Crippen molar-refractivity contribution in [3.8, 4) is 11.8 Å². The zero-order chi connectivity index (χ0) is 21.1. The monoisotopic (exact) mass is 398 g/mol. The highest BCUT2D eigenvalue weighted by Gasteiger charge is 2.32. The molecule has 3 aromatic rings. The van der Waals surface area contributed by atoms with Gasteiger partial charge in [-0.1, -0.05) is 36.4 Å². The number of imide groups is 1. The zero-order valence-electron chi connectivity index (χ0n) is 16.1. The quantitative estimate of drug-likeness (QED) is 0.357. The van der Waals surface area contributed by atoms with E-state index in [9.17, 15) is 14.4 Å². The van der Waals surface area contributed by atoms with Gasteiger partial charge in [0.15, 0.2) is 0 Å². The summed E-state index contributed by atoms with van der Waals surface area (Å²) in [7, 11) is 0. The number of esters is 1. The van der Waals surface area contributed by atoms with Gasteiger partial charge in [-0.25, -0.2) is 0 Å². The second kappa shape index (κ2) is 8.18. The van der Waals surface area contributed by atoms with E-state index in [0.717, 1.165) is 10.9 Å². The minimum Gasteiger partial charge on any atom is -0.427 e. The third-order valence-electron chi connectivity index (χ3n) is 5.06. The predicted molar refractivity (Wildman–Crippen MR) is 110 cm³/mol. The van der Waals surface area contributed by atoms with Gasteiger partial charge in [0, 0.05) is 29.5 Å². The van der Waals surface area contributed by atoms with Crippen LogP contribution in [0.25, 0.3) is 10.8 Å². The Hall–Kier alpha value is -3.98. The van der Waals surface area contributed by atoms with Crippen LogP contribution in [0.15, 0.2) is 60.7 Å². The van der Waals surface area contributed by atoms with Crippen molar-refractivity contribution in [2.24, 2.45) is 0 Å². The highest BCUT2D eigenvalue weighted by atomic mass is 16.5. The molecule has 0 spiro atoms. The lowest BCUT2D eigenvalue weighted by Gasteiger charge is -2.27. The van der Waals surface area contributed by atoms with E-state index in [0.29, 0.717) is 35.1 Å². The molecule has 0 atom stereocenters.